The first-order chi connectivity index (χ1) is 13.6. The Morgan fingerprint density at radius 3 is 2.32 bits per heavy atom. The van der Waals surface area contributed by atoms with Crippen LogP contribution in [-0.4, -0.2) is 35.1 Å². The van der Waals surface area contributed by atoms with E-state index < -0.39 is 6.04 Å². The molecule has 0 saturated heterocycles. The molecule has 150 valence electrons. The van der Waals surface area contributed by atoms with Gasteiger partial charge in [0.05, 0.1) is 0 Å². The molecule has 28 heavy (non-hydrogen) atoms. The molecular weight excluding hydrogens is 368 g/mol. The number of carbonyl (C=O) groups excluding carboxylic acids is 2. The molecule has 0 aliphatic rings. The Morgan fingerprint density at radius 1 is 1.04 bits per heavy atom. The quantitative estimate of drug-likeness (QED) is 0.448. The number of rotatable bonds is 11. The van der Waals surface area contributed by atoms with Crippen LogP contribution < -0.4 is 5.32 Å². The lowest BCUT2D eigenvalue weighted by Crippen LogP contribution is -2.47. The van der Waals surface area contributed by atoms with Crippen molar-refractivity contribution in [3.63, 3.8) is 0 Å². The van der Waals surface area contributed by atoms with E-state index in [-0.39, 0.29) is 11.8 Å². The van der Waals surface area contributed by atoms with E-state index in [0.29, 0.717) is 25.3 Å². The lowest BCUT2D eigenvalue weighted by atomic mass is 10.1. The Kier molecular flexibility index (Phi) is 9.63. The van der Waals surface area contributed by atoms with Gasteiger partial charge in [-0.1, -0.05) is 61.9 Å². The van der Waals surface area contributed by atoms with Crippen LogP contribution in [0.1, 0.15) is 38.7 Å². The maximum Gasteiger partial charge on any atom is 0.242 e. The lowest BCUT2D eigenvalue weighted by Gasteiger charge is -2.29. The first kappa shape index (κ1) is 22.0. The number of benzene rings is 2. The smallest absolute Gasteiger partial charge is 0.242 e. The van der Waals surface area contributed by atoms with Crippen LogP contribution in [0.15, 0.2) is 65.6 Å². The van der Waals surface area contributed by atoms with Crippen LogP contribution in [0.25, 0.3) is 0 Å². The molecule has 2 aromatic rings. The van der Waals surface area contributed by atoms with E-state index in [1.165, 1.54) is 0 Å². The van der Waals surface area contributed by atoms with Gasteiger partial charge in [0.1, 0.15) is 6.04 Å². The van der Waals surface area contributed by atoms with E-state index in [2.05, 4.69) is 12.2 Å². The zero-order chi connectivity index (χ0) is 20.2. The topological polar surface area (TPSA) is 49.4 Å². The number of carbonyl (C=O) groups is 2. The molecule has 4 nitrogen and oxygen atoms in total. The normalized spacial score (nSPS) is 11.6. The molecule has 0 spiro atoms. The van der Waals surface area contributed by atoms with E-state index >= 15 is 0 Å². The van der Waals surface area contributed by atoms with Crippen molar-refractivity contribution in [1.29, 1.82) is 0 Å². The van der Waals surface area contributed by atoms with Crippen molar-refractivity contribution in [3.8, 4) is 0 Å². The number of hydrogen-bond donors (Lipinski definition) is 1. The summed E-state index contributed by atoms with van der Waals surface area (Å²) in [5.41, 5.74) is 1.03. The molecule has 2 amide bonds. The fourth-order valence-corrected chi connectivity index (χ4v) is 3.68. The van der Waals surface area contributed by atoms with Gasteiger partial charge in [-0.3, -0.25) is 9.59 Å². The molecule has 0 saturated carbocycles. The highest BCUT2D eigenvalue weighted by molar-refractivity contribution is 7.99. The van der Waals surface area contributed by atoms with Crippen molar-refractivity contribution >= 4 is 23.6 Å². The third-order valence-corrected chi connectivity index (χ3v) is 5.53. The average molecular weight is 399 g/mol. The van der Waals surface area contributed by atoms with Gasteiger partial charge in [-0.05, 0) is 31.0 Å². The Bertz CT molecular complexity index is 722. The number of hydrogen-bond acceptors (Lipinski definition) is 3. The Labute approximate surface area is 172 Å². The van der Waals surface area contributed by atoms with Crippen molar-refractivity contribution < 1.29 is 9.59 Å². The second kappa shape index (κ2) is 12.2. The van der Waals surface area contributed by atoms with Crippen molar-refractivity contribution in [2.24, 2.45) is 0 Å². The highest BCUT2D eigenvalue weighted by Gasteiger charge is 2.25. The molecule has 1 N–H and O–H groups in total. The first-order valence-electron chi connectivity index (χ1n) is 9.90. The van der Waals surface area contributed by atoms with Gasteiger partial charge in [0, 0.05) is 30.2 Å². The van der Waals surface area contributed by atoms with Crippen LogP contribution in [-0.2, 0) is 16.1 Å². The largest absolute Gasteiger partial charge is 0.354 e. The Balaban J connectivity index is 1.99. The fourth-order valence-electron chi connectivity index (χ4n) is 2.82. The SMILES string of the molecule is CCCCNC(=O)C(C)N(Cc1ccccc1)C(=O)CCSc1ccccc1. The van der Waals surface area contributed by atoms with Crippen molar-refractivity contribution in [1.82, 2.24) is 10.2 Å². The third-order valence-electron chi connectivity index (χ3n) is 4.52. The molecule has 0 fully saturated rings. The molecule has 1 unspecified atom stereocenters. The highest BCUT2D eigenvalue weighted by Crippen LogP contribution is 2.19. The summed E-state index contributed by atoms with van der Waals surface area (Å²) < 4.78 is 0. The summed E-state index contributed by atoms with van der Waals surface area (Å²) in [6.45, 7) is 4.99. The summed E-state index contributed by atoms with van der Waals surface area (Å²) in [5, 5.41) is 2.95. The lowest BCUT2D eigenvalue weighted by molar-refractivity contribution is -0.140. The van der Waals surface area contributed by atoms with Crippen LogP contribution in [0.5, 0.6) is 0 Å². The Hall–Kier alpha value is -2.27. The van der Waals surface area contributed by atoms with Gasteiger partial charge in [0.2, 0.25) is 11.8 Å². The van der Waals surface area contributed by atoms with Gasteiger partial charge in [-0.25, -0.2) is 0 Å². The molecule has 5 heteroatoms. The second-order valence-corrected chi connectivity index (χ2v) is 7.91. The van der Waals surface area contributed by atoms with Crippen LogP contribution in [0.4, 0.5) is 0 Å². The number of thioether (sulfide) groups is 1. The fraction of sp³-hybridized carbons (Fsp3) is 0.391. The Morgan fingerprint density at radius 2 is 1.68 bits per heavy atom. The minimum atomic E-state index is -0.494. The van der Waals surface area contributed by atoms with Crippen LogP contribution in [0.3, 0.4) is 0 Å². The molecule has 0 bridgehead atoms. The van der Waals surface area contributed by atoms with Crippen molar-refractivity contribution in [3.05, 3.63) is 66.2 Å². The van der Waals surface area contributed by atoms with Gasteiger partial charge in [-0.2, -0.15) is 0 Å². The molecule has 1 atom stereocenters. The number of nitrogens with zero attached hydrogens (tertiary/aromatic N) is 1. The van der Waals surface area contributed by atoms with Gasteiger partial charge in [0.15, 0.2) is 0 Å². The zero-order valence-corrected chi connectivity index (χ0v) is 17.6. The van der Waals surface area contributed by atoms with E-state index in [1.807, 2.05) is 67.6 Å². The van der Waals surface area contributed by atoms with Gasteiger partial charge < -0.3 is 10.2 Å². The predicted molar refractivity (Wildman–Crippen MR) is 116 cm³/mol. The van der Waals surface area contributed by atoms with E-state index in [9.17, 15) is 9.59 Å². The summed E-state index contributed by atoms with van der Waals surface area (Å²) >= 11 is 1.66. The van der Waals surface area contributed by atoms with E-state index in [4.69, 9.17) is 0 Å². The van der Waals surface area contributed by atoms with Gasteiger partial charge >= 0.3 is 0 Å². The van der Waals surface area contributed by atoms with Crippen LogP contribution in [0.2, 0.25) is 0 Å². The first-order valence-corrected chi connectivity index (χ1v) is 10.9. The molecule has 0 aliphatic heterocycles. The summed E-state index contributed by atoms with van der Waals surface area (Å²) in [6, 6.07) is 19.4. The molecule has 2 rings (SSSR count). The van der Waals surface area contributed by atoms with Gasteiger partial charge in [-0.15, -0.1) is 11.8 Å². The van der Waals surface area contributed by atoms with Crippen LogP contribution >= 0.6 is 11.8 Å². The van der Waals surface area contributed by atoms with E-state index in [1.54, 1.807) is 16.7 Å². The molecule has 2 aromatic carbocycles. The van der Waals surface area contributed by atoms with Crippen molar-refractivity contribution in [2.45, 2.75) is 50.6 Å². The van der Waals surface area contributed by atoms with Crippen LogP contribution in [0, 0.1) is 0 Å². The highest BCUT2D eigenvalue weighted by atomic mass is 32.2. The average Bonchev–Trinajstić information content (AvgIpc) is 2.73. The molecule has 0 radical (unpaired) electrons. The number of amides is 2. The molecule has 0 heterocycles. The molecule has 0 aliphatic carbocycles. The standard InChI is InChI=1S/C23H30N2O2S/c1-3-4-16-24-23(27)19(2)25(18-20-11-7-5-8-12-20)22(26)15-17-28-21-13-9-6-10-14-21/h5-14,19H,3-4,15-18H2,1-2H3,(H,24,27). The second-order valence-electron chi connectivity index (χ2n) is 6.74. The summed E-state index contributed by atoms with van der Waals surface area (Å²) in [7, 11) is 0. The van der Waals surface area contributed by atoms with Gasteiger partial charge in [0.25, 0.3) is 0 Å². The predicted octanol–water partition coefficient (Wildman–Crippen LogP) is 4.50. The monoisotopic (exact) mass is 398 g/mol. The number of unbranched alkanes of at least 4 members (excludes halogenated alkanes) is 1. The summed E-state index contributed by atoms with van der Waals surface area (Å²) in [6.07, 6.45) is 2.37. The van der Waals surface area contributed by atoms with Crippen molar-refractivity contribution in [2.75, 3.05) is 12.3 Å². The van der Waals surface area contributed by atoms with E-state index in [0.717, 1.165) is 23.3 Å². The minimum Gasteiger partial charge on any atom is -0.354 e. The summed E-state index contributed by atoms with van der Waals surface area (Å²) in [4.78, 5) is 28.3. The zero-order valence-electron chi connectivity index (χ0n) is 16.8. The number of nitrogens with one attached hydrogen (secondary N) is 1. The third kappa shape index (κ3) is 7.39. The molecular formula is C23H30N2O2S. The maximum absolute atomic E-state index is 12.9. The minimum absolute atomic E-state index is 0.00502. The maximum atomic E-state index is 12.9. The molecule has 0 aromatic heterocycles. The summed E-state index contributed by atoms with van der Waals surface area (Å²) in [5.74, 6) is 0.608.